The largest absolute Gasteiger partial charge is 0.516 e. The van der Waals surface area contributed by atoms with Crippen LogP contribution in [0.15, 0.2) is 12.3 Å². The maximum absolute atomic E-state index is 8.54. The quantitative estimate of drug-likeness (QED) is 0.246. The molecule has 0 aromatic rings. The molecule has 0 fully saturated rings. The number of nitrogens with zero attached hydrogens (tertiary/aromatic N) is 1. The monoisotopic (exact) mass is 311 g/mol. The molecule has 0 spiro atoms. The molecule has 0 atom stereocenters. The fourth-order valence-electron chi connectivity index (χ4n) is 2.83. The lowest BCUT2D eigenvalue weighted by Gasteiger charge is -2.21. The van der Waals surface area contributed by atoms with Gasteiger partial charge in [-0.1, -0.05) is 71.3 Å². The van der Waals surface area contributed by atoms with Gasteiger partial charge in [-0.3, -0.25) is 0 Å². The Morgan fingerprint density at radius 3 is 1.59 bits per heavy atom. The summed E-state index contributed by atoms with van der Waals surface area (Å²) in [5, 5.41) is 8.54. The van der Waals surface area contributed by atoms with Crippen LogP contribution >= 0.6 is 0 Å². The number of unbranched alkanes of at least 4 members (excludes halogenated alkanes) is 10. The van der Waals surface area contributed by atoms with Gasteiger partial charge in [-0.05, 0) is 51.7 Å². The van der Waals surface area contributed by atoms with Gasteiger partial charge in [0.15, 0.2) is 0 Å². The topological polar surface area (TPSA) is 23.5 Å². The van der Waals surface area contributed by atoms with Crippen molar-refractivity contribution in [2.45, 2.75) is 97.3 Å². The highest BCUT2D eigenvalue weighted by atomic mass is 16.2. The Kier molecular flexibility index (Phi) is 18.1. The molecule has 0 unspecified atom stereocenters. The van der Waals surface area contributed by atoms with Crippen molar-refractivity contribution < 1.29 is 5.11 Å². The summed E-state index contributed by atoms with van der Waals surface area (Å²) in [6.45, 7) is 8.50. The van der Waals surface area contributed by atoms with Crippen LogP contribution in [0.1, 0.15) is 97.3 Å². The molecule has 0 amide bonds. The van der Waals surface area contributed by atoms with Crippen LogP contribution in [0.2, 0.25) is 0 Å². The normalized spacial score (nSPS) is 11.8. The van der Waals surface area contributed by atoms with Crippen LogP contribution in [0.3, 0.4) is 0 Å². The van der Waals surface area contributed by atoms with Gasteiger partial charge in [-0.25, -0.2) is 0 Å². The smallest absolute Gasteiger partial charge is 0.0751 e. The third-order valence-electron chi connectivity index (χ3n) is 4.36. The Morgan fingerprint density at radius 2 is 1.09 bits per heavy atom. The molecule has 0 rings (SSSR count). The van der Waals surface area contributed by atoms with Gasteiger partial charge in [0, 0.05) is 0 Å². The zero-order valence-electron chi connectivity index (χ0n) is 15.4. The van der Waals surface area contributed by atoms with Crippen molar-refractivity contribution in [2.24, 2.45) is 0 Å². The van der Waals surface area contributed by atoms with E-state index in [-0.39, 0.29) is 0 Å². The molecule has 0 heterocycles. The number of hydrogen-bond donors (Lipinski definition) is 1. The molecule has 0 aromatic carbocycles. The third kappa shape index (κ3) is 15.9. The number of hydrogen-bond acceptors (Lipinski definition) is 2. The number of rotatable bonds is 17. The molecule has 1 N–H and O–H groups in total. The fraction of sp³-hybridized carbons (Fsp3) is 0.900. The second-order valence-electron chi connectivity index (χ2n) is 6.55. The molecule has 0 saturated carbocycles. The highest BCUT2D eigenvalue weighted by Crippen LogP contribution is 2.11. The number of allylic oxidation sites excluding steroid dienone is 1. The lowest BCUT2D eigenvalue weighted by molar-refractivity contribution is 0.259. The first-order valence-corrected chi connectivity index (χ1v) is 9.86. The minimum atomic E-state index is 1.03. The maximum Gasteiger partial charge on any atom is 0.0751 e. The van der Waals surface area contributed by atoms with Crippen LogP contribution in [0, 0.1) is 0 Å². The van der Waals surface area contributed by atoms with Crippen molar-refractivity contribution in [1.82, 2.24) is 4.90 Å². The Morgan fingerprint density at radius 1 is 0.636 bits per heavy atom. The van der Waals surface area contributed by atoms with E-state index in [1.165, 1.54) is 103 Å². The molecule has 0 aliphatic rings. The summed E-state index contributed by atoms with van der Waals surface area (Å²) < 4.78 is 0. The second-order valence-corrected chi connectivity index (χ2v) is 6.55. The first-order chi connectivity index (χ1) is 10.8. The number of aliphatic hydroxyl groups excluding tert-OH is 1. The molecule has 0 bridgehead atoms. The van der Waals surface area contributed by atoms with Gasteiger partial charge in [0.25, 0.3) is 0 Å². The lowest BCUT2D eigenvalue weighted by Crippen LogP contribution is -2.27. The Bertz CT molecular complexity index is 220. The first-order valence-electron chi connectivity index (χ1n) is 9.86. The highest BCUT2D eigenvalue weighted by molar-refractivity contribution is 4.70. The number of aliphatic hydroxyl groups is 1. The molecule has 0 radical (unpaired) electrons. The van der Waals surface area contributed by atoms with Gasteiger partial charge in [0.1, 0.15) is 0 Å². The summed E-state index contributed by atoms with van der Waals surface area (Å²) in [5.41, 5.74) is 0. The lowest BCUT2D eigenvalue weighted by atomic mass is 10.1. The van der Waals surface area contributed by atoms with Crippen LogP contribution in [-0.2, 0) is 0 Å². The van der Waals surface area contributed by atoms with E-state index in [4.69, 9.17) is 5.11 Å². The summed E-state index contributed by atoms with van der Waals surface area (Å²) in [4.78, 5) is 2.68. The van der Waals surface area contributed by atoms with Crippen LogP contribution in [0.4, 0.5) is 0 Å². The third-order valence-corrected chi connectivity index (χ3v) is 4.36. The van der Waals surface area contributed by atoms with Gasteiger partial charge < -0.3 is 10.0 Å². The van der Waals surface area contributed by atoms with Crippen LogP contribution in [0.25, 0.3) is 0 Å². The highest BCUT2D eigenvalue weighted by Gasteiger charge is 2.03. The average molecular weight is 312 g/mol. The zero-order chi connectivity index (χ0) is 16.3. The summed E-state index contributed by atoms with van der Waals surface area (Å²) in [7, 11) is 0. The van der Waals surface area contributed by atoms with Crippen molar-refractivity contribution in [1.29, 1.82) is 0 Å². The van der Waals surface area contributed by atoms with Gasteiger partial charge in [-0.15, -0.1) is 0 Å². The minimum Gasteiger partial charge on any atom is -0.516 e. The molecule has 0 aliphatic carbocycles. The predicted octanol–water partition coefficient (Wildman–Crippen LogP) is 6.47. The molecule has 0 saturated heterocycles. The van der Waals surface area contributed by atoms with Crippen molar-refractivity contribution >= 4 is 0 Å². The van der Waals surface area contributed by atoms with Crippen LogP contribution in [-0.4, -0.2) is 29.6 Å². The standard InChI is InChI=1S/C20H41NO/c1-3-5-17-21(18-6-4-2)19-15-13-11-9-7-8-10-12-14-16-20-22/h16,20,22H,3-15,17-19H2,1-2H3. The van der Waals surface area contributed by atoms with E-state index >= 15 is 0 Å². The Hall–Kier alpha value is -0.500. The summed E-state index contributed by atoms with van der Waals surface area (Å²) in [6.07, 6.45) is 20.3. The summed E-state index contributed by atoms with van der Waals surface area (Å²) >= 11 is 0. The molecular weight excluding hydrogens is 270 g/mol. The Balaban J connectivity index is 3.36. The van der Waals surface area contributed by atoms with Crippen molar-refractivity contribution in [3.8, 4) is 0 Å². The molecule has 22 heavy (non-hydrogen) atoms. The second kappa shape index (κ2) is 18.5. The molecule has 0 aliphatic heterocycles. The maximum atomic E-state index is 8.54. The van der Waals surface area contributed by atoms with Crippen molar-refractivity contribution in [3.63, 3.8) is 0 Å². The van der Waals surface area contributed by atoms with E-state index in [2.05, 4.69) is 18.7 Å². The molecule has 132 valence electrons. The molecular formula is C20H41NO. The zero-order valence-corrected chi connectivity index (χ0v) is 15.4. The van der Waals surface area contributed by atoms with Gasteiger partial charge >= 0.3 is 0 Å². The summed E-state index contributed by atoms with van der Waals surface area (Å²) in [6, 6.07) is 0. The van der Waals surface area contributed by atoms with E-state index in [1.807, 2.05) is 6.08 Å². The van der Waals surface area contributed by atoms with Crippen molar-refractivity contribution in [3.05, 3.63) is 12.3 Å². The molecule has 0 aromatic heterocycles. The van der Waals surface area contributed by atoms with Gasteiger partial charge in [-0.2, -0.15) is 0 Å². The molecule has 2 heteroatoms. The van der Waals surface area contributed by atoms with Gasteiger partial charge in [0.2, 0.25) is 0 Å². The summed E-state index contributed by atoms with van der Waals surface area (Å²) in [5.74, 6) is 0. The van der Waals surface area contributed by atoms with Crippen LogP contribution in [0.5, 0.6) is 0 Å². The van der Waals surface area contributed by atoms with E-state index in [0.29, 0.717) is 0 Å². The minimum absolute atomic E-state index is 1.03. The Labute approximate surface area is 140 Å². The van der Waals surface area contributed by atoms with E-state index in [1.54, 1.807) is 0 Å². The van der Waals surface area contributed by atoms with E-state index in [9.17, 15) is 0 Å². The molecule has 2 nitrogen and oxygen atoms in total. The van der Waals surface area contributed by atoms with E-state index < -0.39 is 0 Å². The van der Waals surface area contributed by atoms with Gasteiger partial charge in [0.05, 0.1) is 6.26 Å². The average Bonchev–Trinajstić information content (AvgIpc) is 2.54. The first kappa shape index (κ1) is 21.5. The predicted molar refractivity (Wildman–Crippen MR) is 99.6 cm³/mol. The van der Waals surface area contributed by atoms with E-state index in [0.717, 1.165) is 6.42 Å². The fourth-order valence-corrected chi connectivity index (χ4v) is 2.83. The van der Waals surface area contributed by atoms with Crippen molar-refractivity contribution in [2.75, 3.05) is 19.6 Å². The van der Waals surface area contributed by atoms with Crippen LogP contribution < -0.4 is 0 Å². The SMILES string of the molecule is CCCCN(CCCC)CCCCCCCCCCC=CO.